The van der Waals surface area contributed by atoms with Gasteiger partial charge in [-0.1, -0.05) is 0 Å². The van der Waals surface area contributed by atoms with Crippen molar-refractivity contribution in [2.75, 3.05) is 26.2 Å². The summed E-state index contributed by atoms with van der Waals surface area (Å²) >= 11 is 0. The van der Waals surface area contributed by atoms with Gasteiger partial charge in [0, 0.05) is 13.2 Å². The van der Waals surface area contributed by atoms with Crippen molar-refractivity contribution in [1.29, 1.82) is 0 Å². The van der Waals surface area contributed by atoms with Crippen molar-refractivity contribution in [3.8, 4) is 0 Å². The van der Waals surface area contributed by atoms with Crippen molar-refractivity contribution < 1.29 is 8.84 Å². The Morgan fingerprint density at radius 1 is 1.61 bits per heavy atom. The molecule has 2 heterocycles. The first-order valence-electron chi connectivity index (χ1n) is 6.67. The van der Waals surface area contributed by atoms with Gasteiger partial charge in [-0.15, -0.1) is 0 Å². The molecule has 0 radical (unpaired) electrons. The van der Waals surface area contributed by atoms with Crippen LogP contribution in [0.2, 0.25) is 12.6 Å². The normalized spacial score (nSPS) is 25.2. The first kappa shape index (κ1) is 13.5. The van der Waals surface area contributed by atoms with Crippen LogP contribution < -0.4 is 0 Å². The van der Waals surface area contributed by atoms with E-state index in [9.17, 15) is 0 Å². The number of rotatable bonds is 6. The van der Waals surface area contributed by atoms with Gasteiger partial charge in [-0.3, -0.25) is 4.99 Å². The lowest BCUT2D eigenvalue weighted by Gasteiger charge is -2.31. The molecule has 1 fully saturated rings. The van der Waals surface area contributed by atoms with Crippen LogP contribution in [0.15, 0.2) is 27.8 Å². The van der Waals surface area contributed by atoms with E-state index in [1.807, 2.05) is 12.1 Å². The Morgan fingerprint density at radius 2 is 2.50 bits per heavy atom. The van der Waals surface area contributed by atoms with Gasteiger partial charge in [0.2, 0.25) is 0 Å². The quantitative estimate of drug-likeness (QED) is 0.586. The molecule has 0 saturated carbocycles. The maximum atomic E-state index is 6.00. The van der Waals surface area contributed by atoms with Gasteiger partial charge in [0.1, 0.15) is 5.76 Å². The van der Waals surface area contributed by atoms with E-state index in [1.54, 1.807) is 12.5 Å². The van der Waals surface area contributed by atoms with E-state index in [1.165, 1.54) is 19.0 Å². The van der Waals surface area contributed by atoms with E-state index in [2.05, 4.69) is 23.0 Å². The fourth-order valence-electron chi connectivity index (χ4n) is 2.51. The molecule has 1 unspecified atom stereocenters. The standard InChI is InChI=1S/C13H22N2O2Si/c1-3-17-18(2)11-5-8-15(18)9-7-14-12-13-6-4-10-16-13/h4,6,10,12H,3,5,7-9,11H2,1-2H3. The third kappa shape index (κ3) is 3.31. The number of hydrogen-bond acceptors (Lipinski definition) is 4. The van der Waals surface area contributed by atoms with Gasteiger partial charge >= 0.3 is 0 Å². The number of aliphatic imine (C=N–C) groups is 1. The molecule has 0 amide bonds. The predicted molar refractivity (Wildman–Crippen MR) is 75.4 cm³/mol. The summed E-state index contributed by atoms with van der Waals surface area (Å²) in [5.41, 5.74) is 0. The zero-order valence-corrected chi connectivity index (χ0v) is 12.3. The molecule has 4 nitrogen and oxygen atoms in total. The molecule has 1 aliphatic heterocycles. The SMILES string of the molecule is CCO[Si]1(C)CCCN1CCN=Cc1ccco1. The molecule has 18 heavy (non-hydrogen) atoms. The van der Waals surface area contributed by atoms with Crippen molar-refractivity contribution in [1.82, 2.24) is 4.57 Å². The summed E-state index contributed by atoms with van der Waals surface area (Å²) in [5, 5.41) is 0. The van der Waals surface area contributed by atoms with E-state index >= 15 is 0 Å². The Labute approximate surface area is 110 Å². The summed E-state index contributed by atoms with van der Waals surface area (Å²) in [5.74, 6) is 0.821. The van der Waals surface area contributed by atoms with Crippen LogP contribution in [0.3, 0.4) is 0 Å². The molecule has 1 aliphatic rings. The molecule has 1 saturated heterocycles. The first-order chi connectivity index (χ1) is 8.74. The zero-order chi connectivity index (χ0) is 12.8. The van der Waals surface area contributed by atoms with Crippen molar-refractivity contribution >= 4 is 14.7 Å². The molecule has 1 aromatic heterocycles. The highest BCUT2D eigenvalue weighted by atomic mass is 28.4. The highest BCUT2D eigenvalue weighted by Gasteiger charge is 2.40. The van der Waals surface area contributed by atoms with Crippen LogP contribution >= 0.6 is 0 Å². The third-order valence-corrected chi connectivity index (χ3v) is 7.43. The van der Waals surface area contributed by atoms with Gasteiger partial charge in [-0.25, -0.2) is 0 Å². The Hall–Kier alpha value is -0.913. The summed E-state index contributed by atoms with van der Waals surface area (Å²) in [6.07, 6.45) is 4.74. The molecule has 1 atom stereocenters. The highest BCUT2D eigenvalue weighted by molar-refractivity contribution is 6.70. The minimum atomic E-state index is -1.60. The predicted octanol–water partition coefficient (Wildman–Crippen LogP) is 2.51. The fourth-order valence-corrected chi connectivity index (χ4v) is 5.80. The maximum Gasteiger partial charge on any atom is 0.268 e. The topological polar surface area (TPSA) is 38.0 Å². The van der Waals surface area contributed by atoms with Gasteiger partial charge in [0.05, 0.1) is 19.0 Å². The van der Waals surface area contributed by atoms with E-state index in [-0.39, 0.29) is 0 Å². The van der Waals surface area contributed by atoms with E-state index < -0.39 is 8.48 Å². The van der Waals surface area contributed by atoms with Crippen LogP contribution in [0.1, 0.15) is 19.1 Å². The average Bonchev–Trinajstić information content (AvgIpc) is 2.96. The molecular formula is C13H22N2O2Si. The second-order valence-corrected chi connectivity index (χ2v) is 8.52. The van der Waals surface area contributed by atoms with E-state index in [0.29, 0.717) is 0 Å². The van der Waals surface area contributed by atoms with Gasteiger partial charge in [0.25, 0.3) is 8.48 Å². The van der Waals surface area contributed by atoms with Crippen LogP contribution in [0.25, 0.3) is 0 Å². The third-order valence-electron chi connectivity index (χ3n) is 3.45. The van der Waals surface area contributed by atoms with Crippen LogP contribution in [0.4, 0.5) is 0 Å². The van der Waals surface area contributed by atoms with Gasteiger partial charge < -0.3 is 13.4 Å². The minimum absolute atomic E-state index is 0.816. The van der Waals surface area contributed by atoms with Gasteiger partial charge in [0.15, 0.2) is 0 Å². The molecule has 0 aliphatic carbocycles. The number of nitrogens with zero attached hydrogens (tertiary/aromatic N) is 2. The van der Waals surface area contributed by atoms with E-state index in [4.69, 9.17) is 8.84 Å². The monoisotopic (exact) mass is 266 g/mol. The summed E-state index contributed by atoms with van der Waals surface area (Å²) in [4.78, 5) is 4.41. The van der Waals surface area contributed by atoms with Crippen molar-refractivity contribution in [2.45, 2.75) is 25.9 Å². The molecule has 0 aromatic carbocycles. The van der Waals surface area contributed by atoms with Crippen molar-refractivity contribution in [3.63, 3.8) is 0 Å². The number of furan rings is 1. The Morgan fingerprint density at radius 3 is 3.22 bits per heavy atom. The largest absolute Gasteiger partial charge is 0.463 e. The second-order valence-electron chi connectivity index (χ2n) is 4.75. The maximum absolute atomic E-state index is 6.00. The molecule has 0 N–H and O–H groups in total. The average molecular weight is 266 g/mol. The smallest absolute Gasteiger partial charge is 0.268 e. The minimum Gasteiger partial charge on any atom is -0.463 e. The van der Waals surface area contributed by atoms with E-state index in [0.717, 1.165) is 25.5 Å². The van der Waals surface area contributed by atoms with Crippen LogP contribution in [-0.4, -0.2) is 45.5 Å². The van der Waals surface area contributed by atoms with Crippen molar-refractivity contribution in [3.05, 3.63) is 24.2 Å². The van der Waals surface area contributed by atoms with Gasteiger partial charge in [-0.05, 0) is 44.6 Å². The van der Waals surface area contributed by atoms with Crippen LogP contribution in [-0.2, 0) is 4.43 Å². The molecule has 0 bridgehead atoms. The molecule has 100 valence electrons. The summed E-state index contributed by atoms with van der Waals surface area (Å²) in [6, 6.07) is 5.04. The summed E-state index contributed by atoms with van der Waals surface area (Å²) in [7, 11) is -1.60. The lowest BCUT2D eigenvalue weighted by Crippen LogP contribution is -2.49. The molecule has 1 aromatic rings. The fraction of sp³-hybridized carbons (Fsp3) is 0.615. The Kier molecular flexibility index (Phi) is 4.74. The van der Waals surface area contributed by atoms with Gasteiger partial charge in [-0.2, -0.15) is 0 Å². The highest BCUT2D eigenvalue weighted by Crippen LogP contribution is 2.26. The Balaban J connectivity index is 1.79. The summed E-state index contributed by atoms with van der Waals surface area (Å²) < 4.78 is 13.7. The van der Waals surface area contributed by atoms with Crippen molar-refractivity contribution in [2.24, 2.45) is 4.99 Å². The molecule has 2 rings (SSSR count). The summed E-state index contributed by atoms with van der Waals surface area (Å²) in [6.45, 7) is 8.22. The molecule has 5 heteroatoms. The lowest BCUT2D eigenvalue weighted by atomic mass is 10.4. The van der Waals surface area contributed by atoms with Crippen LogP contribution in [0.5, 0.6) is 0 Å². The molecular weight excluding hydrogens is 244 g/mol. The molecule has 0 spiro atoms. The lowest BCUT2D eigenvalue weighted by molar-refractivity contribution is 0.272. The first-order valence-corrected chi connectivity index (χ1v) is 9.23. The second kappa shape index (κ2) is 6.31. The number of hydrogen-bond donors (Lipinski definition) is 0. The Bertz CT molecular complexity index is 380. The zero-order valence-electron chi connectivity index (χ0n) is 11.3. The van der Waals surface area contributed by atoms with Crippen LogP contribution in [0, 0.1) is 0 Å².